The highest BCUT2D eigenvalue weighted by atomic mass is 32.1. The summed E-state index contributed by atoms with van der Waals surface area (Å²) in [5.41, 5.74) is 0.712. The van der Waals surface area contributed by atoms with Crippen LogP contribution in [-0.4, -0.2) is 31.5 Å². The molecule has 2 amide bonds. The van der Waals surface area contributed by atoms with Gasteiger partial charge in [0, 0.05) is 11.9 Å². The molecule has 1 aliphatic rings. The van der Waals surface area contributed by atoms with Gasteiger partial charge in [0.25, 0.3) is 5.91 Å². The molecule has 1 N–H and O–H groups in total. The van der Waals surface area contributed by atoms with Crippen LogP contribution in [-0.2, 0) is 16.0 Å². The van der Waals surface area contributed by atoms with Crippen LogP contribution >= 0.6 is 11.3 Å². The summed E-state index contributed by atoms with van der Waals surface area (Å²) in [4.78, 5) is 27.2. The number of nitrogens with one attached hydrogen (secondary N) is 1. The number of ether oxygens (including phenoxy) is 1. The molecule has 0 unspecified atom stereocenters. The van der Waals surface area contributed by atoms with Crippen molar-refractivity contribution in [2.45, 2.75) is 12.5 Å². The van der Waals surface area contributed by atoms with Gasteiger partial charge in [0.05, 0.1) is 18.7 Å². The number of likely N-dealkylation sites (N-methyl/N-ethyl adjacent to an activating group) is 1. The third-order valence-corrected chi connectivity index (χ3v) is 4.40. The molecular formula is C16H16N2O3S. The highest BCUT2D eigenvalue weighted by Gasteiger charge is 2.33. The van der Waals surface area contributed by atoms with Crippen LogP contribution < -0.4 is 15.0 Å². The molecule has 22 heavy (non-hydrogen) atoms. The van der Waals surface area contributed by atoms with E-state index in [-0.39, 0.29) is 18.4 Å². The third kappa shape index (κ3) is 2.82. The second kappa shape index (κ2) is 6.19. The summed E-state index contributed by atoms with van der Waals surface area (Å²) in [6.45, 7) is 0.223. The van der Waals surface area contributed by atoms with E-state index in [1.54, 1.807) is 29.4 Å². The number of rotatable bonds is 3. The van der Waals surface area contributed by atoms with E-state index in [0.717, 1.165) is 4.88 Å². The van der Waals surface area contributed by atoms with Gasteiger partial charge < -0.3 is 15.0 Å². The molecule has 0 radical (unpaired) electrons. The van der Waals surface area contributed by atoms with Crippen LogP contribution in [0, 0.1) is 0 Å². The van der Waals surface area contributed by atoms with Gasteiger partial charge in [0.1, 0.15) is 5.75 Å². The number of anilines is 1. The lowest BCUT2D eigenvalue weighted by atomic mass is 10.1. The second-order valence-corrected chi connectivity index (χ2v) is 5.98. The molecule has 0 saturated carbocycles. The standard InChI is InChI=1S/C16H16N2O3S/c1-17-16(20)14-10-18(12-6-2-3-7-13(12)21-14)15(19)9-11-5-4-8-22-11/h2-8,14H,9-10H2,1H3,(H,17,20)/t14-/m1/s1. The first kappa shape index (κ1) is 14.6. The molecular weight excluding hydrogens is 300 g/mol. The van der Waals surface area contributed by atoms with Gasteiger partial charge in [0.15, 0.2) is 6.10 Å². The van der Waals surface area contributed by atoms with E-state index in [2.05, 4.69) is 5.32 Å². The zero-order valence-electron chi connectivity index (χ0n) is 12.1. The van der Waals surface area contributed by atoms with E-state index >= 15 is 0 Å². The lowest BCUT2D eigenvalue weighted by Gasteiger charge is -2.34. The van der Waals surface area contributed by atoms with Crippen molar-refractivity contribution in [1.82, 2.24) is 5.32 Å². The fraction of sp³-hybridized carbons (Fsp3) is 0.250. The van der Waals surface area contributed by atoms with Crippen molar-refractivity contribution in [3.8, 4) is 5.75 Å². The summed E-state index contributed by atoms with van der Waals surface area (Å²) >= 11 is 1.55. The average molecular weight is 316 g/mol. The van der Waals surface area contributed by atoms with Gasteiger partial charge in [-0.3, -0.25) is 9.59 Å². The first-order valence-electron chi connectivity index (χ1n) is 6.99. The Morgan fingerprint density at radius 2 is 2.14 bits per heavy atom. The first-order valence-corrected chi connectivity index (χ1v) is 7.87. The van der Waals surface area contributed by atoms with Crippen molar-refractivity contribution in [1.29, 1.82) is 0 Å². The Kier molecular flexibility index (Phi) is 4.11. The van der Waals surface area contributed by atoms with E-state index in [0.29, 0.717) is 17.9 Å². The number of carbonyl (C=O) groups is 2. The quantitative estimate of drug-likeness (QED) is 0.940. The second-order valence-electron chi connectivity index (χ2n) is 4.95. The Labute approximate surface area is 132 Å². The third-order valence-electron chi connectivity index (χ3n) is 3.52. The molecule has 0 aliphatic carbocycles. The molecule has 0 saturated heterocycles. The number of para-hydroxylation sites is 2. The van der Waals surface area contributed by atoms with Gasteiger partial charge in [-0.25, -0.2) is 0 Å². The highest BCUT2D eigenvalue weighted by molar-refractivity contribution is 7.10. The number of thiophene rings is 1. The van der Waals surface area contributed by atoms with Gasteiger partial charge in [0.2, 0.25) is 5.91 Å². The van der Waals surface area contributed by atoms with E-state index in [9.17, 15) is 9.59 Å². The number of carbonyl (C=O) groups excluding carboxylic acids is 2. The fourth-order valence-corrected chi connectivity index (χ4v) is 3.12. The smallest absolute Gasteiger partial charge is 0.262 e. The largest absolute Gasteiger partial charge is 0.477 e. The molecule has 5 nitrogen and oxygen atoms in total. The van der Waals surface area contributed by atoms with Crippen molar-refractivity contribution < 1.29 is 14.3 Å². The van der Waals surface area contributed by atoms with Crippen molar-refractivity contribution >= 4 is 28.8 Å². The molecule has 2 heterocycles. The average Bonchev–Trinajstić information content (AvgIpc) is 3.05. The van der Waals surface area contributed by atoms with Crippen LogP contribution in [0.3, 0.4) is 0 Å². The van der Waals surface area contributed by atoms with E-state index in [1.807, 2.05) is 35.7 Å². The molecule has 1 aliphatic heterocycles. The molecule has 0 fully saturated rings. The lowest BCUT2D eigenvalue weighted by Crippen LogP contribution is -2.50. The van der Waals surface area contributed by atoms with Gasteiger partial charge in [-0.15, -0.1) is 11.3 Å². The molecule has 2 aromatic rings. The van der Waals surface area contributed by atoms with Crippen molar-refractivity contribution in [3.63, 3.8) is 0 Å². The van der Waals surface area contributed by atoms with Crippen molar-refractivity contribution in [2.75, 3.05) is 18.5 Å². The zero-order valence-corrected chi connectivity index (χ0v) is 12.9. The number of hydrogen-bond donors (Lipinski definition) is 1. The summed E-state index contributed by atoms with van der Waals surface area (Å²) in [5, 5.41) is 4.52. The molecule has 0 spiro atoms. The summed E-state index contributed by atoms with van der Waals surface area (Å²) in [6.07, 6.45) is -0.362. The predicted molar refractivity (Wildman–Crippen MR) is 85.3 cm³/mol. The summed E-state index contributed by atoms with van der Waals surface area (Å²) in [5.74, 6) is 0.289. The van der Waals surface area contributed by atoms with E-state index in [4.69, 9.17) is 4.74 Å². The van der Waals surface area contributed by atoms with E-state index < -0.39 is 6.10 Å². The number of fused-ring (bicyclic) bond motifs is 1. The maximum absolute atomic E-state index is 12.6. The van der Waals surface area contributed by atoms with Gasteiger partial charge in [-0.2, -0.15) is 0 Å². The molecule has 1 aromatic heterocycles. The molecule has 3 rings (SSSR count). The minimum atomic E-state index is -0.688. The zero-order chi connectivity index (χ0) is 15.5. The van der Waals surface area contributed by atoms with Crippen molar-refractivity contribution in [2.24, 2.45) is 0 Å². The minimum Gasteiger partial charge on any atom is -0.477 e. The molecule has 0 bridgehead atoms. The number of nitrogens with zero attached hydrogens (tertiary/aromatic N) is 1. The SMILES string of the molecule is CNC(=O)[C@H]1CN(C(=O)Cc2cccs2)c2ccccc2O1. The minimum absolute atomic E-state index is 0.0351. The van der Waals surface area contributed by atoms with Crippen LogP contribution in [0.2, 0.25) is 0 Å². The monoisotopic (exact) mass is 316 g/mol. The highest BCUT2D eigenvalue weighted by Crippen LogP contribution is 2.33. The van der Waals surface area contributed by atoms with Gasteiger partial charge in [-0.1, -0.05) is 18.2 Å². The van der Waals surface area contributed by atoms with Crippen LogP contribution in [0.15, 0.2) is 41.8 Å². The summed E-state index contributed by atoms with van der Waals surface area (Å²) in [6, 6.07) is 11.2. The number of benzene rings is 1. The lowest BCUT2D eigenvalue weighted by molar-refractivity contribution is -0.127. The Hall–Kier alpha value is -2.34. The Morgan fingerprint density at radius 1 is 1.32 bits per heavy atom. The molecule has 1 aromatic carbocycles. The van der Waals surface area contributed by atoms with Gasteiger partial charge >= 0.3 is 0 Å². The molecule has 114 valence electrons. The predicted octanol–water partition coefficient (Wildman–Crippen LogP) is 1.83. The fourth-order valence-electron chi connectivity index (χ4n) is 2.43. The Balaban J connectivity index is 1.87. The first-order chi connectivity index (χ1) is 10.7. The maximum atomic E-state index is 12.6. The van der Waals surface area contributed by atoms with E-state index in [1.165, 1.54) is 0 Å². The Bertz CT molecular complexity index is 684. The van der Waals surface area contributed by atoms with Crippen LogP contribution in [0.5, 0.6) is 5.75 Å². The van der Waals surface area contributed by atoms with Crippen LogP contribution in [0.4, 0.5) is 5.69 Å². The van der Waals surface area contributed by atoms with Crippen LogP contribution in [0.1, 0.15) is 4.88 Å². The Morgan fingerprint density at radius 3 is 2.86 bits per heavy atom. The topological polar surface area (TPSA) is 58.6 Å². The normalized spacial score (nSPS) is 16.6. The number of hydrogen-bond acceptors (Lipinski definition) is 4. The summed E-state index contributed by atoms with van der Waals surface area (Å²) < 4.78 is 5.70. The maximum Gasteiger partial charge on any atom is 0.262 e. The molecule has 1 atom stereocenters. The molecule has 6 heteroatoms. The van der Waals surface area contributed by atoms with Crippen molar-refractivity contribution in [3.05, 3.63) is 46.7 Å². The van der Waals surface area contributed by atoms with Gasteiger partial charge in [-0.05, 0) is 23.6 Å². The summed E-state index contributed by atoms with van der Waals surface area (Å²) in [7, 11) is 1.56. The van der Waals surface area contributed by atoms with Crippen LogP contribution in [0.25, 0.3) is 0 Å². The number of amides is 2.